The molecule has 1 fully saturated rings. The number of rotatable bonds is 3. The fourth-order valence-electron chi connectivity index (χ4n) is 2.63. The average Bonchev–Trinajstić information content (AvgIpc) is 2.46. The van der Waals surface area contributed by atoms with E-state index in [-0.39, 0.29) is 5.54 Å². The Bertz CT molecular complexity index is 167. The quantitative estimate of drug-likeness (QED) is 0.731. The van der Waals surface area contributed by atoms with E-state index in [4.69, 9.17) is 0 Å². The summed E-state index contributed by atoms with van der Waals surface area (Å²) in [5.41, 5.74) is 0.282. The topological polar surface area (TPSA) is 12.0 Å². The molecule has 1 saturated carbocycles. The minimum absolute atomic E-state index is 0.282. The summed E-state index contributed by atoms with van der Waals surface area (Å²) >= 11 is 0. The Balaban J connectivity index is 2.36. The van der Waals surface area contributed by atoms with Crippen molar-refractivity contribution >= 4 is 0 Å². The Morgan fingerprint density at radius 2 is 1.86 bits per heavy atom. The van der Waals surface area contributed by atoms with Gasteiger partial charge >= 0.3 is 0 Å². The lowest BCUT2D eigenvalue weighted by Crippen LogP contribution is -2.40. The van der Waals surface area contributed by atoms with Crippen LogP contribution in [0.15, 0.2) is 0 Å². The Morgan fingerprint density at radius 1 is 1.21 bits per heavy atom. The van der Waals surface area contributed by atoms with Crippen molar-refractivity contribution in [2.45, 2.75) is 59.4 Å². The van der Waals surface area contributed by atoms with Crippen molar-refractivity contribution in [3.8, 4) is 0 Å². The molecule has 1 N–H and O–H groups in total. The van der Waals surface area contributed by atoms with Crippen LogP contribution in [0.5, 0.6) is 0 Å². The molecule has 84 valence electrons. The van der Waals surface area contributed by atoms with Gasteiger partial charge in [-0.25, -0.2) is 0 Å². The Morgan fingerprint density at radius 3 is 2.36 bits per heavy atom. The lowest BCUT2D eigenvalue weighted by atomic mass is 9.86. The minimum Gasteiger partial charge on any atom is -0.312 e. The third kappa shape index (κ3) is 3.61. The third-order valence-corrected chi connectivity index (χ3v) is 3.47. The van der Waals surface area contributed by atoms with Gasteiger partial charge in [-0.15, -0.1) is 0 Å². The van der Waals surface area contributed by atoms with Crippen molar-refractivity contribution in [1.82, 2.24) is 5.32 Å². The van der Waals surface area contributed by atoms with Crippen LogP contribution in [-0.4, -0.2) is 12.1 Å². The van der Waals surface area contributed by atoms with Crippen molar-refractivity contribution in [3.05, 3.63) is 0 Å². The van der Waals surface area contributed by atoms with Crippen LogP contribution < -0.4 is 5.32 Å². The summed E-state index contributed by atoms with van der Waals surface area (Å²) in [7, 11) is 0. The van der Waals surface area contributed by atoms with Crippen LogP contribution in [0.25, 0.3) is 0 Å². The highest BCUT2D eigenvalue weighted by atomic mass is 14.9. The van der Waals surface area contributed by atoms with E-state index in [9.17, 15) is 0 Å². The van der Waals surface area contributed by atoms with Crippen LogP contribution in [-0.2, 0) is 0 Å². The van der Waals surface area contributed by atoms with Gasteiger partial charge in [0.2, 0.25) is 0 Å². The van der Waals surface area contributed by atoms with Gasteiger partial charge in [-0.3, -0.25) is 0 Å². The molecule has 0 aliphatic heterocycles. The molecule has 1 aliphatic rings. The van der Waals surface area contributed by atoms with Crippen LogP contribution in [0.1, 0.15) is 53.9 Å². The summed E-state index contributed by atoms with van der Waals surface area (Å²) in [6, 6.07) is 0. The van der Waals surface area contributed by atoms with Gasteiger partial charge in [-0.2, -0.15) is 0 Å². The molecule has 0 radical (unpaired) electrons. The molecule has 2 atom stereocenters. The molecular weight excluding hydrogens is 170 g/mol. The first kappa shape index (κ1) is 12.0. The second kappa shape index (κ2) is 4.65. The first-order chi connectivity index (χ1) is 6.40. The Hall–Kier alpha value is -0.0400. The van der Waals surface area contributed by atoms with Crippen LogP contribution in [0, 0.1) is 17.8 Å². The molecule has 0 aromatic rings. The van der Waals surface area contributed by atoms with Gasteiger partial charge in [-0.05, 0) is 57.9 Å². The molecule has 0 bridgehead atoms. The molecule has 0 saturated heterocycles. The van der Waals surface area contributed by atoms with Gasteiger partial charge in [0, 0.05) is 5.54 Å². The second-order valence-corrected chi connectivity index (χ2v) is 6.23. The molecule has 0 aromatic heterocycles. The Labute approximate surface area is 89.7 Å². The molecule has 0 spiro atoms. The maximum atomic E-state index is 3.65. The SMILES string of the molecule is CC(C)C1CCCC1CNC(C)(C)C. The van der Waals surface area contributed by atoms with Gasteiger partial charge in [0.25, 0.3) is 0 Å². The number of nitrogens with one attached hydrogen (secondary N) is 1. The summed E-state index contributed by atoms with van der Waals surface area (Å²) in [4.78, 5) is 0. The van der Waals surface area contributed by atoms with E-state index in [0.717, 1.165) is 17.8 Å². The average molecular weight is 197 g/mol. The maximum Gasteiger partial charge on any atom is 0.00966 e. The van der Waals surface area contributed by atoms with Gasteiger partial charge < -0.3 is 5.32 Å². The predicted octanol–water partition coefficient (Wildman–Crippen LogP) is 3.45. The first-order valence-corrected chi connectivity index (χ1v) is 6.15. The highest BCUT2D eigenvalue weighted by Gasteiger charge is 2.29. The van der Waals surface area contributed by atoms with Crippen molar-refractivity contribution in [1.29, 1.82) is 0 Å². The van der Waals surface area contributed by atoms with E-state index >= 15 is 0 Å². The summed E-state index contributed by atoms with van der Waals surface area (Å²) in [5, 5.41) is 3.65. The second-order valence-electron chi connectivity index (χ2n) is 6.23. The zero-order chi connectivity index (χ0) is 10.8. The fourth-order valence-corrected chi connectivity index (χ4v) is 2.63. The van der Waals surface area contributed by atoms with Gasteiger partial charge in [-0.1, -0.05) is 20.3 Å². The minimum atomic E-state index is 0.282. The summed E-state index contributed by atoms with van der Waals surface area (Å²) in [5.74, 6) is 2.75. The smallest absolute Gasteiger partial charge is 0.00966 e. The standard InChI is InChI=1S/C13H27N/c1-10(2)12-8-6-7-11(12)9-14-13(3,4)5/h10-12,14H,6-9H2,1-5H3. The van der Waals surface area contributed by atoms with Crippen LogP contribution in [0.4, 0.5) is 0 Å². The lowest BCUT2D eigenvalue weighted by molar-refractivity contribution is 0.264. The van der Waals surface area contributed by atoms with Gasteiger partial charge in [0.1, 0.15) is 0 Å². The third-order valence-electron chi connectivity index (χ3n) is 3.47. The molecule has 0 aromatic carbocycles. The van der Waals surface area contributed by atoms with E-state index in [1.54, 1.807) is 0 Å². The molecule has 0 amide bonds. The molecule has 1 nitrogen and oxygen atoms in total. The van der Waals surface area contributed by atoms with Gasteiger partial charge in [0.05, 0.1) is 0 Å². The van der Waals surface area contributed by atoms with E-state index in [2.05, 4.69) is 39.9 Å². The van der Waals surface area contributed by atoms with Crippen molar-refractivity contribution < 1.29 is 0 Å². The van der Waals surface area contributed by atoms with E-state index in [0.29, 0.717) is 0 Å². The zero-order valence-electron chi connectivity index (χ0n) is 10.6. The fraction of sp³-hybridized carbons (Fsp3) is 1.00. The summed E-state index contributed by atoms with van der Waals surface area (Å²) in [6.45, 7) is 12.7. The highest BCUT2D eigenvalue weighted by Crippen LogP contribution is 2.36. The summed E-state index contributed by atoms with van der Waals surface area (Å²) < 4.78 is 0. The van der Waals surface area contributed by atoms with Crippen molar-refractivity contribution in [2.75, 3.05) is 6.54 Å². The molecule has 1 rings (SSSR count). The molecular formula is C13H27N. The van der Waals surface area contributed by atoms with Crippen LogP contribution in [0.3, 0.4) is 0 Å². The Kier molecular flexibility index (Phi) is 4.00. The molecule has 2 unspecified atom stereocenters. The van der Waals surface area contributed by atoms with Crippen LogP contribution >= 0.6 is 0 Å². The van der Waals surface area contributed by atoms with E-state index < -0.39 is 0 Å². The maximum absolute atomic E-state index is 3.65. The highest BCUT2D eigenvalue weighted by molar-refractivity contribution is 4.83. The first-order valence-electron chi connectivity index (χ1n) is 6.15. The summed E-state index contributed by atoms with van der Waals surface area (Å²) in [6.07, 6.45) is 4.33. The normalized spacial score (nSPS) is 28.7. The molecule has 0 heterocycles. The van der Waals surface area contributed by atoms with E-state index in [1.165, 1.54) is 25.8 Å². The van der Waals surface area contributed by atoms with Crippen LogP contribution in [0.2, 0.25) is 0 Å². The monoisotopic (exact) mass is 197 g/mol. The molecule has 1 heteroatoms. The van der Waals surface area contributed by atoms with Crippen molar-refractivity contribution in [2.24, 2.45) is 17.8 Å². The van der Waals surface area contributed by atoms with Crippen molar-refractivity contribution in [3.63, 3.8) is 0 Å². The lowest BCUT2D eigenvalue weighted by Gasteiger charge is -2.28. The van der Waals surface area contributed by atoms with E-state index in [1.807, 2.05) is 0 Å². The number of hydrogen-bond acceptors (Lipinski definition) is 1. The van der Waals surface area contributed by atoms with Gasteiger partial charge in [0.15, 0.2) is 0 Å². The molecule has 1 aliphatic carbocycles. The largest absolute Gasteiger partial charge is 0.312 e. The number of hydrogen-bond donors (Lipinski definition) is 1. The zero-order valence-corrected chi connectivity index (χ0v) is 10.6. The predicted molar refractivity (Wildman–Crippen MR) is 63.4 cm³/mol. The molecule has 14 heavy (non-hydrogen) atoms.